The van der Waals surface area contributed by atoms with Crippen LogP contribution >= 0.6 is 0 Å². The van der Waals surface area contributed by atoms with E-state index in [4.69, 9.17) is 0 Å². The van der Waals surface area contributed by atoms with Crippen LogP contribution in [-0.4, -0.2) is 37.3 Å². The van der Waals surface area contributed by atoms with E-state index in [1.54, 1.807) is 4.90 Å². The van der Waals surface area contributed by atoms with Gasteiger partial charge in [0.15, 0.2) is 0 Å². The van der Waals surface area contributed by atoms with E-state index in [0.717, 1.165) is 42.3 Å². The Kier molecular flexibility index (Phi) is 4.95. The molecule has 0 bridgehead atoms. The zero-order valence-corrected chi connectivity index (χ0v) is 16.5. The van der Waals surface area contributed by atoms with Crippen molar-refractivity contribution in [2.75, 3.05) is 13.1 Å². The van der Waals surface area contributed by atoms with Gasteiger partial charge in [0.1, 0.15) is 10.6 Å². The Morgan fingerprint density at radius 2 is 1.82 bits per heavy atom. The van der Waals surface area contributed by atoms with Gasteiger partial charge in [0.25, 0.3) is 5.91 Å². The second-order valence-electron chi connectivity index (χ2n) is 7.16. The van der Waals surface area contributed by atoms with Crippen LogP contribution in [0.15, 0.2) is 59.6 Å². The molecule has 1 aliphatic heterocycles. The molecule has 4 rings (SSSR count). The molecule has 1 amide bonds. The lowest BCUT2D eigenvalue weighted by atomic mass is 10.0. The summed E-state index contributed by atoms with van der Waals surface area (Å²) < 4.78 is 28.4. The van der Waals surface area contributed by atoms with Crippen molar-refractivity contribution in [1.29, 1.82) is 0 Å². The molecule has 6 nitrogen and oxygen atoms in total. The summed E-state index contributed by atoms with van der Waals surface area (Å²) in [6.07, 6.45) is 3.35. The van der Waals surface area contributed by atoms with E-state index in [0.29, 0.717) is 5.69 Å². The molecule has 7 heteroatoms. The minimum absolute atomic E-state index is 0.0714. The number of fused-ring (bicyclic) bond motifs is 1. The highest BCUT2D eigenvalue weighted by Gasteiger charge is 2.25. The van der Waals surface area contributed by atoms with Crippen molar-refractivity contribution in [3.05, 3.63) is 66.0 Å². The highest BCUT2D eigenvalue weighted by Crippen LogP contribution is 2.26. The first-order valence-corrected chi connectivity index (χ1v) is 10.9. The predicted octanol–water partition coefficient (Wildman–Crippen LogP) is 3.44. The van der Waals surface area contributed by atoms with Gasteiger partial charge in [0, 0.05) is 25.3 Å². The van der Waals surface area contributed by atoms with Gasteiger partial charge in [-0.2, -0.15) is 0 Å². The van der Waals surface area contributed by atoms with Crippen molar-refractivity contribution in [2.45, 2.75) is 30.7 Å². The van der Waals surface area contributed by atoms with Crippen molar-refractivity contribution in [3.63, 3.8) is 0 Å². The summed E-state index contributed by atoms with van der Waals surface area (Å²) >= 11 is 0. The maximum atomic E-state index is 12.9. The number of aromatic nitrogens is 1. The molecule has 0 spiro atoms. The summed E-state index contributed by atoms with van der Waals surface area (Å²) in [5, 5.41) is 2.07. The van der Waals surface area contributed by atoms with Crippen LogP contribution in [0, 0.1) is 0 Å². The van der Waals surface area contributed by atoms with Gasteiger partial charge in [-0.1, -0.05) is 42.5 Å². The molecule has 1 fully saturated rings. The lowest BCUT2D eigenvalue weighted by molar-refractivity contribution is 0.0787. The third-order valence-electron chi connectivity index (χ3n) is 5.21. The van der Waals surface area contributed by atoms with E-state index in [1.165, 1.54) is 12.3 Å². The Labute approximate surface area is 164 Å². The number of benzene rings is 2. The predicted molar refractivity (Wildman–Crippen MR) is 109 cm³/mol. The topological polar surface area (TPSA) is 82.3 Å². The molecule has 0 radical (unpaired) electrons. The Morgan fingerprint density at radius 3 is 2.61 bits per heavy atom. The van der Waals surface area contributed by atoms with Crippen LogP contribution in [0.2, 0.25) is 0 Å². The molecule has 0 saturated carbocycles. The van der Waals surface area contributed by atoms with Gasteiger partial charge >= 0.3 is 0 Å². The second-order valence-corrected chi connectivity index (χ2v) is 8.87. The minimum atomic E-state index is -3.76. The Hall–Kier alpha value is -2.64. The molecule has 2 heterocycles. The minimum Gasteiger partial charge on any atom is -0.356 e. The first kappa shape index (κ1) is 18.7. The number of nitrogens with one attached hydrogen (secondary N) is 2. The molecule has 1 aromatic heterocycles. The smallest absolute Gasteiger partial charge is 0.270 e. The number of hydrogen-bond donors (Lipinski definition) is 2. The van der Waals surface area contributed by atoms with E-state index in [2.05, 4.69) is 9.71 Å². The van der Waals surface area contributed by atoms with Crippen LogP contribution in [-0.2, 0) is 10.0 Å². The van der Waals surface area contributed by atoms with Gasteiger partial charge in [-0.05, 0) is 42.2 Å². The van der Waals surface area contributed by atoms with Gasteiger partial charge < -0.3 is 9.88 Å². The molecule has 1 atom stereocenters. The zero-order valence-electron chi connectivity index (χ0n) is 15.7. The molecular weight excluding hydrogens is 374 g/mol. The van der Waals surface area contributed by atoms with Gasteiger partial charge in [0.2, 0.25) is 10.0 Å². The summed E-state index contributed by atoms with van der Waals surface area (Å²) in [6.45, 7) is 3.26. The number of amides is 1. The maximum Gasteiger partial charge on any atom is 0.270 e. The molecular formula is C21H23N3O3S. The number of sulfonamides is 1. The van der Waals surface area contributed by atoms with Crippen LogP contribution in [0.4, 0.5) is 0 Å². The van der Waals surface area contributed by atoms with Crippen LogP contribution in [0.3, 0.4) is 0 Å². The summed E-state index contributed by atoms with van der Waals surface area (Å²) in [5.41, 5.74) is 1.21. The third kappa shape index (κ3) is 3.55. The number of hydrogen-bond acceptors (Lipinski definition) is 3. The van der Waals surface area contributed by atoms with E-state index in [-0.39, 0.29) is 10.8 Å². The molecule has 2 aromatic carbocycles. The number of nitrogens with zero attached hydrogens (tertiary/aromatic N) is 1. The van der Waals surface area contributed by atoms with E-state index >= 15 is 0 Å². The lowest BCUT2D eigenvalue weighted by Gasteiger charge is -2.16. The normalized spacial score (nSPS) is 15.8. The van der Waals surface area contributed by atoms with Crippen LogP contribution < -0.4 is 4.72 Å². The molecule has 2 N–H and O–H groups in total. The molecule has 1 unspecified atom stereocenters. The van der Waals surface area contributed by atoms with Crippen molar-refractivity contribution in [3.8, 4) is 0 Å². The molecule has 1 aliphatic rings. The van der Waals surface area contributed by atoms with Crippen molar-refractivity contribution < 1.29 is 13.2 Å². The lowest BCUT2D eigenvalue weighted by Crippen LogP contribution is -2.28. The number of carbonyl (C=O) groups excluding carboxylic acids is 1. The van der Waals surface area contributed by atoms with Crippen LogP contribution in [0.25, 0.3) is 10.8 Å². The Balaban J connectivity index is 1.56. The van der Waals surface area contributed by atoms with Crippen molar-refractivity contribution >= 4 is 26.7 Å². The number of H-pyrrole nitrogens is 1. The average molecular weight is 398 g/mol. The quantitative estimate of drug-likeness (QED) is 0.692. The average Bonchev–Trinajstić information content (AvgIpc) is 3.39. The third-order valence-corrected chi connectivity index (χ3v) is 6.73. The summed E-state index contributed by atoms with van der Waals surface area (Å²) in [4.78, 5) is 17.1. The van der Waals surface area contributed by atoms with E-state index in [9.17, 15) is 13.2 Å². The van der Waals surface area contributed by atoms with E-state index < -0.39 is 16.1 Å². The van der Waals surface area contributed by atoms with Crippen LogP contribution in [0.5, 0.6) is 0 Å². The summed E-state index contributed by atoms with van der Waals surface area (Å²) in [5.74, 6) is -0.152. The Morgan fingerprint density at radius 1 is 1.11 bits per heavy atom. The first-order valence-electron chi connectivity index (χ1n) is 9.43. The van der Waals surface area contributed by atoms with E-state index in [1.807, 2.05) is 49.4 Å². The summed E-state index contributed by atoms with van der Waals surface area (Å²) in [6, 6.07) is 14.7. The molecule has 1 saturated heterocycles. The second kappa shape index (κ2) is 7.41. The fourth-order valence-corrected chi connectivity index (χ4v) is 4.95. The van der Waals surface area contributed by atoms with Gasteiger partial charge in [0.05, 0.1) is 0 Å². The van der Waals surface area contributed by atoms with Gasteiger partial charge in [-0.15, -0.1) is 0 Å². The largest absolute Gasteiger partial charge is 0.356 e. The number of aromatic amines is 1. The monoisotopic (exact) mass is 397 g/mol. The molecule has 146 valence electrons. The number of carbonyl (C=O) groups is 1. The summed E-state index contributed by atoms with van der Waals surface area (Å²) in [7, 11) is -3.76. The number of likely N-dealkylation sites (tertiary alicyclic amines) is 1. The molecule has 28 heavy (non-hydrogen) atoms. The molecule has 3 aromatic rings. The SMILES string of the molecule is CC(NS(=O)(=O)c1c[nH]c(C(=O)N2CCCC2)c1)c1cccc2ccccc12. The fraction of sp³-hybridized carbons (Fsp3) is 0.286. The van der Waals surface area contributed by atoms with Crippen LogP contribution in [0.1, 0.15) is 41.9 Å². The number of rotatable bonds is 5. The van der Waals surface area contributed by atoms with Gasteiger partial charge in [-0.25, -0.2) is 13.1 Å². The molecule has 0 aliphatic carbocycles. The van der Waals surface area contributed by atoms with Crippen molar-refractivity contribution in [1.82, 2.24) is 14.6 Å². The fourth-order valence-electron chi connectivity index (χ4n) is 3.74. The standard InChI is InChI=1S/C21H23N3O3S/c1-15(18-10-6-8-16-7-2-3-9-19(16)18)23-28(26,27)17-13-20(22-14-17)21(25)24-11-4-5-12-24/h2-3,6-10,13-15,22-23H,4-5,11-12H2,1H3. The van der Waals surface area contributed by atoms with Crippen molar-refractivity contribution in [2.24, 2.45) is 0 Å². The maximum absolute atomic E-state index is 12.9. The highest BCUT2D eigenvalue weighted by atomic mass is 32.2. The Bertz CT molecular complexity index is 1110. The van der Waals surface area contributed by atoms with Gasteiger partial charge in [-0.3, -0.25) is 4.79 Å². The first-order chi connectivity index (χ1) is 13.5. The zero-order chi connectivity index (χ0) is 19.7. The highest BCUT2D eigenvalue weighted by molar-refractivity contribution is 7.89.